The molecule has 0 fully saturated rings. The molecule has 0 rings (SSSR count). The molecule has 0 aliphatic heterocycles. The molecular weight excluding hydrogens is 348 g/mol. The minimum Gasteiger partial charge on any atom is -0.344 e. The first kappa shape index (κ1) is 39.2. The van der Waals surface area contributed by atoms with Crippen LogP contribution in [0, 0.1) is 0 Å². The van der Waals surface area contributed by atoms with Gasteiger partial charge in [0.1, 0.15) is 0 Å². The van der Waals surface area contributed by atoms with Crippen LogP contribution in [0.5, 0.6) is 0 Å². The number of hydrogen-bond acceptors (Lipinski definition) is 1. The summed E-state index contributed by atoms with van der Waals surface area (Å²) in [7, 11) is 0. The minimum atomic E-state index is 0. The van der Waals surface area contributed by atoms with Crippen molar-refractivity contribution < 1.29 is 0 Å². The molecule has 0 heterocycles. The van der Waals surface area contributed by atoms with E-state index in [1.54, 1.807) is 0 Å². The first-order valence-electron chi connectivity index (χ1n) is 0. The van der Waals surface area contributed by atoms with E-state index in [-0.39, 0.29) is 71.1 Å². The van der Waals surface area contributed by atoms with Crippen molar-refractivity contribution in [3.63, 3.8) is 0 Å². The van der Waals surface area contributed by atoms with Crippen LogP contribution in [0.3, 0.4) is 0 Å². The van der Waals surface area contributed by atoms with Gasteiger partial charge >= 0.3 is 0 Å². The maximum absolute atomic E-state index is 0. The molecule has 0 unspecified atom stereocenters. The zero-order valence-corrected chi connectivity index (χ0v) is 8.31. The predicted octanol–water partition coefficient (Wildman–Crippen LogP) is 1.98. The Morgan fingerprint density at radius 2 is 0.750 bits per heavy atom. The molecule has 0 aliphatic rings. The van der Waals surface area contributed by atoms with Gasteiger partial charge in [-0.15, -0.1) is 64.9 Å². The molecule has 0 saturated carbocycles. The van der Waals surface area contributed by atoms with Crippen molar-refractivity contribution >= 4 is 64.9 Å². The highest BCUT2D eigenvalue weighted by molar-refractivity contribution is 14.0. The van der Waals surface area contributed by atoms with Crippen molar-refractivity contribution in [2.24, 2.45) is 0 Å². The highest BCUT2D eigenvalue weighted by atomic mass is 127. The second-order valence-electron chi connectivity index (χ2n) is 0. The van der Waals surface area contributed by atoms with Gasteiger partial charge in [0.25, 0.3) is 0 Å². The van der Waals surface area contributed by atoms with E-state index >= 15 is 0 Å². The van der Waals surface area contributed by atoms with Crippen LogP contribution >= 0.6 is 64.9 Å². The van der Waals surface area contributed by atoms with Gasteiger partial charge in [-0.25, -0.2) is 0 Å². The average Bonchev–Trinajstić information content (AvgIpc) is 0. The van der Waals surface area contributed by atoms with Crippen LogP contribution in [-0.2, 0) is 0 Å². The number of hydrogen-bond donors (Lipinski definition) is 1. The fourth-order valence-electron chi connectivity index (χ4n) is 0. The SMILES string of the molecule is Br.I.I.N. The van der Waals surface area contributed by atoms with E-state index in [1.807, 2.05) is 0 Å². The summed E-state index contributed by atoms with van der Waals surface area (Å²) in [5, 5.41) is 0. The van der Waals surface area contributed by atoms with Gasteiger partial charge in [0, 0.05) is 0 Å². The summed E-state index contributed by atoms with van der Waals surface area (Å²) < 4.78 is 0. The van der Waals surface area contributed by atoms with Gasteiger partial charge in [-0.1, -0.05) is 0 Å². The van der Waals surface area contributed by atoms with Gasteiger partial charge in [0.05, 0.1) is 0 Å². The lowest BCUT2D eigenvalue weighted by molar-refractivity contribution is 2.13. The predicted molar refractivity (Wildman–Crippen MR) is 46.2 cm³/mol. The summed E-state index contributed by atoms with van der Waals surface area (Å²) in [6.07, 6.45) is 0. The highest BCUT2D eigenvalue weighted by Crippen LogP contribution is 0.887. The zero-order valence-electron chi connectivity index (χ0n) is 1.93. The second kappa shape index (κ2) is 20.6. The maximum Gasteiger partial charge on any atom is -0.107 e. The summed E-state index contributed by atoms with van der Waals surface area (Å²) in [6.45, 7) is 0. The summed E-state index contributed by atoms with van der Waals surface area (Å²) in [6, 6.07) is 0. The van der Waals surface area contributed by atoms with Crippen LogP contribution in [0.2, 0.25) is 0 Å². The largest absolute Gasteiger partial charge is 0.344 e. The Balaban J connectivity index is 0. The molecule has 4 heteroatoms. The Morgan fingerprint density at radius 3 is 0.750 bits per heavy atom. The molecule has 0 aromatic carbocycles. The Morgan fingerprint density at radius 1 is 0.750 bits per heavy atom. The van der Waals surface area contributed by atoms with Gasteiger partial charge < -0.3 is 6.15 Å². The van der Waals surface area contributed by atoms with Gasteiger partial charge in [0.2, 0.25) is 0 Å². The average molecular weight is 354 g/mol. The summed E-state index contributed by atoms with van der Waals surface area (Å²) in [5.41, 5.74) is 0. The van der Waals surface area contributed by atoms with E-state index in [1.165, 1.54) is 0 Å². The van der Waals surface area contributed by atoms with E-state index in [0.29, 0.717) is 0 Å². The lowest BCUT2D eigenvalue weighted by atomic mass is 14.0. The number of rotatable bonds is 0. The third kappa shape index (κ3) is 9.09. The fraction of sp³-hybridized carbons (Fsp3) is 0. The van der Waals surface area contributed by atoms with Gasteiger partial charge in [-0.3, -0.25) is 0 Å². The van der Waals surface area contributed by atoms with E-state index in [0.717, 1.165) is 0 Å². The fourth-order valence-corrected chi connectivity index (χ4v) is 0. The number of halogens is 3. The van der Waals surface area contributed by atoms with Crippen LogP contribution in [0.25, 0.3) is 0 Å². The van der Waals surface area contributed by atoms with Crippen LogP contribution in [0.15, 0.2) is 0 Å². The van der Waals surface area contributed by atoms with Crippen LogP contribution in [-0.4, -0.2) is 0 Å². The highest BCUT2D eigenvalue weighted by Gasteiger charge is -0.106. The normalized spacial score (nSPS) is 0. The summed E-state index contributed by atoms with van der Waals surface area (Å²) in [4.78, 5) is 0. The molecule has 0 spiro atoms. The Hall–Kier alpha value is 1.90. The Bertz CT molecular complexity index is 6.00. The van der Waals surface area contributed by atoms with Crippen molar-refractivity contribution in [1.29, 1.82) is 0 Å². The molecule has 0 aromatic rings. The molecule has 1 nitrogen and oxygen atoms in total. The molecule has 0 aromatic heterocycles. The van der Waals surface area contributed by atoms with Crippen molar-refractivity contribution in [3.05, 3.63) is 0 Å². The quantitative estimate of drug-likeness (QED) is 0.664. The van der Waals surface area contributed by atoms with Crippen LogP contribution in [0.1, 0.15) is 0 Å². The van der Waals surface area contributed by atoms with Crippen LogP contribution < -0.4 is 6.15 Å². The van der Waals surface area contributed by atoms with Crippen molar-refractivity contribution in [3.8, 4) is 0 Å². The smallest absolute Gasteiger partial charge is 0.107 e. The topological polar surface area (TPSA) is 35.0 Å². The molecule has 0 bridgehead atoms. The van der Waals surface area contributed by atoms with Crippen molar-refractivity contribution in [2.75, 3.05) is 0 Å². The van der Waals surface area contributed by atoms with E-state index in [4.69, 9.17) is 0 Å². The molecule has 0 radical (unpaired) electrons. The van der Waals surface area contributed by atoms with Gasteiger partial charge in [0.15, 0.2) is 0 Å². The molecule has 0 atom stereocenters. The maximum atomic E-state index is 0. The van der Waals surface area contributed by atoms with Crippen molar-refractivity contribution in [2.45, 2.75) is 0 Å². The van der Waals surface area contributed by atoms with E-state index in [9.17, 15) is 0 Å². The summed E-state index contributed by atoms with van der Waals surface area (Å²) in [5.74, 6) is 0. The van der Waals surface area contributed by atoms with Gasteiger partial charge in [-0.2, -0.15) is 0 Å². The molecule has 4 heavy (non-hydrogen) atoms. The Kier molecular flexibility index (Phi) is 203. The second-order valence-corrected chi connectivity index (χ2v) is 0. The third-order valence-electron chi connectivity index (χ3n) is 0. The Labute approximate surface area is 70.3 Å². The van der Waals surface area contributed by atoms with Gasteiger partial charge in [-0.05, 0) is 0 Å². The molecule has 0 aliphatic carbocycles. The van der Waals surface area contributed by atoms with E-state index < -0.39 is 0 Å². The van der Waals surface area contributed by atoms with Crippen molar-refractivity contribution in [1.82, 2.24) is 6.15 Å². The zero-order chi connectivity index (χ0) is 0. The first-order chi connectivity index (χ1) is 0. The molecule has 0 amide bonds. The lowest BCUT2D eigenvalue weighted by Crippen LogP contribution is -0.481. The minimum absolute atomic E-state index is 0. The summed E-state index contributed by atoms with van der Waals surface area (Å²) >= 11 is 0. The monoisotopic (exact) mass is 353 g/mol. The van der Waals surface area contributed by atoms with E-state index in [2.05, 4.69) is 0 Å². The standard InChI is InChI=1S/BrH.2HI.H3N/h3*1H;1H3. The molecular formula is H6BrI2N. The molecule has 3 N–H and O–H groups in total. The molecule has 0 saturated heterocycles. The van der Waals surface area contributed by atoms with Crippen LogP contribution in [0.4, 0.5) is 0 Å². The lowest BCUT2D eigenvalue weighted by Gasteiger charge is -0.344. The molecule has 32 valence electrons. The first-order valence-corrected chi connectivity index (χ1v) is 0. The third-order valence-corrected chi connectivity index (χ3v) is 0.